The van der Waals surface area contributed by atoms with Crippen molar-refractivity contribution in [3.63, 3.8) is 0 Å². The molecule has 0 spiro atoms. The Bertz CT molecular complexity index is 918. The molecule has 1 aromatic carbocycles. The number of nitrogens with zero attached hydrogens (tertiary/aromatic N) is 3. The van der Waals surface area contributed by atoms with Crippen molar-refractivity contribution in [1.82, 2.24) is 20.1 Å². The summed E-state index contributed by atoms with van der Waals surface area (Å²) in [6.07, 6.45) is 2.03. The zero-order valence-electron chi connectivity index (χ0n) is 12.0. The van der Waals surface area contributed by atoms with Crippen molar-refractivity contribution < 1.29 is 4.79 Å². The largest absolute Gasteiger partial charge is 0.344 e. The number of aromatic nitrogens is 3. The van der Waals surface area contributed by atoms with Crippen molar-refractivity contribution in [3.8, 4) is 0 Å². The van der Waals surface area contributed by atoms with Crippen molar-refractivity contribution in [2.45, 2.75) is 25.9 Å². The zero-order valence-corrected chi connectivity index (χ0v) is 14.3. The van der Waals surface area contributed by atoms with Crippen molar-refractivity contribution in [2.24, 2.45) is 0 Å². The van der Waals surface area contributed by atoms with E-state index in [1.165, 1.54) is 11.3 Å². The minimum absolute atomic E-state index is 0.206. The highest BCUT2D eigenvalue weighted by atomic mass is 35.5. The predicted octanol–water partition coefficient (Wildman–Crippen LogP) is 3.68. The van der Waals surface area contributed by atoms with Crippen LogP contribution in [0.15, 0.2) is 18.2 Å². The second-order valence-corrected chi connectivity index (χ2v) is 7.22. The van der Waals surface area contributed by atoms with Gasteiger partial charge in [0, 0.05) is 28.1 Å². The van der Waals surface area contributed by atoms with E-state index < -0.39 is 0 Å². The number of hydrogen-bond acceptors (Lipinski definition) is 4. The monoisotopic (exact) mass is 366 g/mol. The summed E-state index contributed by atoms with van der Waals surface area (Å²) in [4.78, 5) is 12.9. The summed E-state index contributed by atoms with van der Waals surface area (Å²) in [5.74, 6) is 1.57. The van der Waals surface area contributed by atoms with Crippen molar-refractivity contribution >= 4 is 50.5 Å². The van der Waals surface area contributed by atoms with E-state index in [1.807, 2.05) is 12.1 Å². The first-order valence-electron chi connectivity index (χ1n) is 7.20. The van der Waals surface area contributed by atoms with E-state index in [-0.39, 0.29) is 5.91 Å². The van der Waals surface area contributed by atoms with E-state index in [0.29, 0.717) is 21.5 Å². The Morgan fingerprint density at radius 1 is 1.35 bits per heavy atom. The second kappa shape index (κ2) is 5.78. The first kappa shape index (κ1) is 14.9. The fraction of sp³-hybridized carbons (Fsp3) is 0.267. The van der Waals surface area contributed by atoms with Crippen molar-refractivity contribution in [1.29, 1.82) is 0 Å². The standard InChI is InChI=1S/C15H12Cl2N4OS/c16-8-3-4-9-10(6-8)23-14(13(9)17)15(22)18-7-12-20-19-11-2-1-5-21(11)12/h3-4,6H,1-2,5,7H2,(H,18,22). The third-order valence-corrected chi connectivity index (χ3v) is 5.78. The molecule has 0 atom stereocenters. The fourth-order valence-corrected chi connectivity index (χ4v) is 4.48. The van der Waals surface area contributed by atoms with Gasteiger partial charge in [0.15, 0.2) is 5.82 Å². The van der Waals surface area contributed by atoms with Gasteiger partial charge in [0.1, 0.15) is 10.7 Å². The maximum atomic E-state index is 12.4. The minimum Gasteiger partial charge on any atom is -0.344 e. The Morgan fingerprint density at radius 3 is 3.09 bits per heavy atom. The molecule has 5 nitrogen and oxygen atoms in total. The molecule has 4 rings (SSSR count). The molecular weight excluding hydrogens is 355 g/mol. The normalized spacial score (nSPS) is 13.5. The molecule has 8 heteroatoms. The molecule has 0 bridgehead atoms. The number of amides is 1. The van der Waals surface area contributed by atoms with Crippen molar-refractivity contribution in [2.75, 3.05) is 0 Å². The summed E-state index contributed by atoms with van der Waals surface area (Å²) in [6, 6.07) is 5.41. The number of nitrogens with one attached hydrogen (secondary N) is 1. The zero-order chi connectivity index (χ0) is 16.0. The van der Waals surface area contributed by atoms with E-state index in [2.05, 4.69) is 20.1 Å². The van der Waals surface area contributed by atoms with E-state index >= 15 is 0 Å². The lowest BCUT2D eigenvalue weighted by Gasteiger charge is -2.04. The topological polar surface area (TPSA) is 59.8 Å². The number of benzene rings is 1. The Kier molecular flexibility index (Phi) is 3.75. The van der Waals surface area contributed by atoms with Gasteiger partial charge in [-0.1, -0.05) is 29.3 Å². The van der Waals surface area contributed by atoms with Gasteiger partial charge in [0.25, 0.3) is 5.91 Å². The maximum Gasteiger partial charge on any atom is 0.263 e. The number of rotatable bonds is 3. The Hall–Kier alpha value is -1.63. The number of carbonyl (C=O) groups is 1. The first-order valence-corrected chi connectivity index (χ1v) is 8.77. The molecule has 0 unspecified atom stereocenters. The van der Waals surface area contributed by atoms with Crippen LogP contribution in [0, 0.1) is 0 Å². The lowest BCUT2D eigenvalue weighted by atomic mass is 10.2. The fourth-order valence-electron chi connectivity index (χ4n) is 2.77. The maximum absolute atomic E-state index is 12.4. The van der Waals surface area contributed by atoms with E-state index in [4.69, 9.17) is 23.2 Å². The molecule has 1 aliphatic rings. The molecule has 0 saturated carbocycles. The van der Waals surface area contributed by atoms with Crippen LogP contribution in [0.2, 0.25) is 10.0 Å². The molecule has 3 aromatic rings. The van der Waals surface area contributed by atoms with Gasteiger partial charge in [-0.25, -0.2) is 0 Å². The van der Waals surface area contributed by atoms with Crippen LogP contribution >= 0.6 is 34.5 Å². The Labute approximate surface area is 146 Å². The van der Waals surface area contributed by atoms with Gasteiger partial charge in [-0.15, -0.1) is 21.5 Å². The van der Waals surface area contributed by atoms with E-state index in [0.717, 1.165) is 41.1 Å². The molecular formula is C15H12Cl2N4OS. The molecule has 0 radical (unpaired) electrons. The van der Waals surface area contributed by atoms with Gasteiger partial charge in [0.05, 0.1) is 11.6 Å². The number of hydrogen-bond donors (Lipinski definition) is 1. The third kappa shape index (κ3) is 2.60. The number of aryl methyl sites for hydroxylation is 1. The van der Waals surface area contributed by atoms with Crippen molar-refractivity contribution in [3.05, 3.63) is 44.8 Å². The van der Waals surface area contributed by atoms with Crippen LogP contribution < -0.4 is 5.32 Å². The first-order chi connectivity index (χ1) is 11.1. The molecule has 1 N–H and O–H groups in total. The average Bonchev–Trinajstić information content (AvgIpc) is 3.20. The lowest BCUT2D eigenvalue weighted by molar-refractivity contribution is 0.0953. The van der Waals surface area contributed by atoms with Crippen LogP contribution in [0.4, 0.5) is 0 Å². The molecule has 23 heavy (non-hydrogen) atoms. The van der Waals surface area contributed by atoms with E-state index in [1.54, 1.807) is 6.07 Å². The van der Waals surface area contributed by atoms with Gasteiger partial charge in [0.2, 0.25) is 0 Å². The van der Waals surface area contributed by atoms with Crippen LogP contribution in [0.5, 0.6) is 0 Å². The molecule has 0 saturated heterocycles. The minimum atomic E-state index is -0.206. The molecule has 3 heterocycles. The lowest BCUT2D eigenvalue weighted by Crippen LogP contribution is -2.24. The van der Waals surface area contributed by atoms with Gasteiger partial charge < -0.3 is 9.88 Å². The molecule has 1 amide bonds. The molecule has 0 aliphatic carbocycles. The van der Waals surface area contributed by atoms with Crippen LogP contribution in [0.3, 0.4) is 0 Å². The van der Waals surface area contributed by atoms with Crippen LogP contribution in [-0.4, -0.2) is 20.7 Å². The highest BCUT2D eigenvalue weighted by molar-refractivity contribution is 7.21. The Morgan fingerprint density at radius 2 is 2.22 bits per heavy atom. The smallest absolute Gasteiger partial charge is 0.263 e. The second-order valence-electron chi connectivity index (χ2n) is 5.36. The van der Waals surface area contributed by atoms with Crippen LogP contribution in [0.25, 0.3) is 10.1 Å². The Balaban J connectivity index is 1.56. The average molecular weight is 367 g/mol. The van der Waals surface area contributed by atoms with E-state index in [9.17, 15) is 4.79 Å². The van der Waals surface area contributed by atoms with Gasteiger partial charge >= 0.3 is 0 Å². The number of fused-ring (bicyclic) bond motifs is 2. The number of halogens is 2. The van der Waals surface area contributed by atoms with Crippen LogP contribution in [-0.2, 0) is 19.5 Å². The molecule has 2 aromatic heterocycles. The molecule has 118 valence electrons. The van der Waals surface area contributed by atoms with Gasteiger partial charge in [-0.3, -0.25) is 4.79 Å². The summed E-state index contributed by atoms with van der Waals surface area (Å²) in [6.45, 7) is 1.26. The quantitative estimate of drug-likeness (QED) is 0.768. The third-order valence-electron chi connectivity index (χ3n) is 3.89. The summed E-state index contributed by atoms with van der Waals surface area (Å²) in [5, 5.41) is 13.1. The van der Waals surface area contributed by atoms with Crippen LogP contribution in [0.1, 0.15) is 27.7 Å². The SMILES string of the molecule is O=C(NCc1nnc2n1CCC2)c1sc2cc(Cl)ccc2c1Cl. The highest BCUT2D eigenvalue weighted by Gasteiger charge is 2.20. The van der Waals surface area contributed by atoms with Gasteiger partial charge in [-0.2, -0.15) is 0 Å². The predicted molar refractivity (Wildman–Crippen MR) is 91.4 cm³/mol. The highest BCUT2D eigenvalue weighted by Crippen LogP contribution is 2.36. The van der Waals surface area contributed by atoms with Gasteiger partial charge in [-0.05, 0) is 18.6 Å². The number of thiophene rings is 1. The number of carbonyl (C=O) groups excluding carboxylic acids is 1. The summed E-state index contributed by atoms with van der Waals surface area (Å²) in [5.41, 5.74) is 0. The molecule has 0 fully saturated rings. The molecule has 1 aliphatic heterocycles. The summed E-state index contributed by atoms with van der Waals surface area (Å²) < 4.78 is 2.96. The summed E-state index contributed by atoms with van der Waals surface area (Å²) >= 11 is 13.7. The summed E-state index contributed by atoms with van der Waals surface area (Å²) in [7, 11) is 0.